The molecule has 0 saturated carbocycles. The number of nitrogens with two attached hydrogens (primary N) is 1. The van der Waals surface area contributed by atoms with Crippen LogP contribution in [-0.4, -0.2) is 36.4 Å². The highest BCUT2D eigenvalue weighted by Gasteiger charge is 2.22. The number of rotatable bonds is 7. The Morgan fingerprint density at radius 2 is 1.67 bits per heavy atom. The van der Waals surface area contributed by atoms with Gasteiger partial charge in [0.05, 0.1) is 0 Å². The van der Waals surface area contributed by atoms with Gasteiger partial charge in [0.1, 0.15) is 5.75 Å². The van der Waals surface area contributed by atoms with Crippen LogP contribution in [0.1, 0.15) is 35.2 Å². The monoisotopic (exact) mass is 366 g/mol. The quantitative estimate of drug-likeness (QED) is 0.819. The van der Waals surface area contributed by atoms with Gasteiger partial charge in [-0.3, -0.25) is 9.59 Å². The summed E-state index contributed by atoms with van der Waals surface area (Å²) in [5.74, 6) is 0.769. The molecule has 0 spiro atoms. The molecule has 0 bridgehead atoms. The Labute approximate surface area is 160 Å². The van der Waals surface area contributed by atoms with E-state index in [4.69, 9.17) is 10.5 Å². The van der Waals surface area contributed by atoms with Crippen molar-refractivity contribution in [1.82, 2.24) is 4.90 Å². The number of aryl methyl sites for hydroxylation is 1. The van der Waals surface area contributed by atoms with E-state index >= 15 is 0 Å². The van der Waals surface area contributed by atoms with Crippen molar-refractivity contribution >= 4 is 11.8 Å². The molecule has 0 aliphatic carbocycles. The molecule has 1 saturated heterocycles. The SMILES string of the molecule is NC(=O)c1ccc(OCC(=O)N2CCC(CCc3ccccc3)CC2)cc1. The van der Waals surface area contributed by atoms with E-state index in [1.165, 1.54) is 12.0 Å². The van der Waals surface area contributed by atoms with Crippen LogP contribution in [0.3, 0.4) is 0 Å². The van der Waals surface area contributed by atoms with Gasteiger partial charge < -0.3 is 15.4 Å². The lowest BCUT2D eigenvalue weighted by atomic mass is 9.90. The van der Waals surface area contributed by atoms with Crippen LogP contribution in [0.25, 0.3) is 0 Å². The van der Waals surface area contributed by atoms with E-state index < -0.39 is 5.91 Å². The van der Waals surface area contributed by atoms with Crippen molar-refractivity contribution in [1.29, 1.82) is 0 Å². The van der Waals surface area contributed by atoms with E-state index in [2.05, 4.69) is 24.3 Å². The molecule has 0 radical (unpaired) electrons. The van der Waals surface area contributed by atoms with Crippen LogP contribution in [0, 0.1) is 5.92 Å². The van der Waals surface area contributed by atoms with Crippen LogP contribution < -0.4 is 10.5 Å². The Bertz CT molecular complexity index is 751. The maximum absolute atomic E-state index is 12.4. The van der Waals surface area contributed by atoms with Crippen molar-refractivity contribution in [3.05, 3.63) is 65.7 Å². The van der Waals surface area contributed by atoms with E-state index in [0.29, 0.717) is 17.2 Å². The minimum Gasteiger partial charge on any atom is -0.484 e. The van der Waals surface area contributed by atoms with Crippen LogP contribution in [-0.2, 0) is 11.2 Å². The molecule has 142 valence electrons. The third-order valence-corrected chi connectivity index (χ3v) is 5.15. The number of likely N-dealkylation sites (tertiary alicyclic amines) is 1. The van der Waals surface area contributed by atoms with E-state index in [1.54, 1.807) is 24.3 Å². The van der Waals surface area contributed by atoms with Gasteiger partial charge in [-0.2, -0.15) is 0 Å². The summed E-state index contributed by atoms with van der Waals surface area (Å²) in [6.45, 7) is 1.61. The zero-order valence-corrected chi connectivity index (χ0v) is 15.5. The van der Waals surface area contributed by atoms with Crippen molar-refractivity contribution < 1.29 is 14.3 Å². The molecule has 3 rings (SSSR count). The van der Waals surface area contributed by atoms with Crippen LogP contribution >= 0.6 is 0 Å². The van der Waals surface area contributed by atoms with Gasteiger partial charge in [0.25, 0.3) is 5.91 Å². The minimum absolute atomic E-state index is 0.00971. The molecule has 2 amide bonds. The Kier molecular flexibility index (Phi) is 6.47. The second kappa shape index (κ2) is 9.21. The Morgan fingerprint density at radius 3 is 2.30 bits per heavy atom. The summed E-state index contributed by atoms with van der Waals surface area (Å²) < 4.78 is 5.54. The second-order valence-corrected chi connectivity index (χ2v) is 7.03. The molecular formula is C22H26N2O3. The average molecular weight is 366 g/mol. The first-order valence-corrected chi connectivity index (χ1v) is 9.46. The number of benzene rings is 2. The van der Waals surface area contributed by atoms with E-state index in [-0.39, 0.29) is 12.5 Å². The lowest BCUT2D eigenvalue weighted by Crippen LogP contribution is -2.41. The third-order valence-electron chi connectivity index (χ3n) is 5.15. The summed E-state index contributed by atoms with van der Waals surface area (Å²) in [5.41, 5.74) is 7.01. The molecule has 0 aromatic heterocycles. The number of hydrogen-bond donors (Lipinski definition) is 1. The fourth-order valence-electron chi connectivity index (χ4n) is 3.44. The van der Waals surface area contributed by atoms with Crippen molar-refractivity contribution in [3.8, 4) is 5.75 Å². The molecule has 1 aliphatic rings. The molecule has 1 heterocycles. The fourth-order valence-corrected chi connectivity index (χ4v) is 3.44. The maximum Gasteiger partial charge on any atom is 0.260 e. The number of carbonyl (C=O) groups excluding carboxylic acids is 2. The standard InChI is InChI=1S/C22H26N2O3/c23-22(26)19-8-10-20(11-9-19)27-16-21(25)24-14-12-18(13-15-24)7-6-17-4-2-1-3-5-17/h1-5,8-11,18H,6-7,12-16H2,(H2,23,26). The largest absolute Gasteiger partial charge is 0.484 e. The smallest absolute Gasteiger partial charge is 0.260 e. The van der Waals surface area contributed by atoms with Crippen LogP contribution in [0.2, 0.25) is 0 Å². The third kappa shape index (κ3) is 5.58. The number of amides is 2. The number of carbonyl (C=O) groups is 2. The molecule has 2 aromatic carbocycles. The fraction of sp³-hybridized carbons (Fsp3) is 0.364. The van der Waals surface area contributed by atoms with Gasteiger partial charge in [-0.05, 0) is 61.4 Å². The van der Waals surface area contributed by atoms with Crippen molar-refractivity contribution in [2.24, 2.45) is 11.7 Å². The number of primary amides is 1. The van der Waals surface area contributed by atoms with Gasteiger partial charge in [0, 0.05) is 18.7 Å². The van der Waals surface area contributed by atoms with Crippen molar-refractivity contribution in [2.75, 3.05) is 19.7 Å². The van der Waals surface area contributed by atoms with Gasteiger partial charge >= 0.3 is 0 Å². The summed E-state index contributed by atoms with van der Waals surface area (Å²) in [6, 6.07) is 17.1. The molecule has 1 fully saturated rings. The maximum atomic E-state index is 12.4. The topological polar surface area (TPSA) is 72.6 Å². The molecule has 2 N–H and O–H groups in total. The highest BCUT2D eigenvalue weighted by atomic mass is 16.5. The lowest BCUT2D eigenvalue weighted by molar-refractivity contribution is -0.134. The van der Waals surface area contributed by atoms with Crippen molar-refractivity contribution in [3.63, 3.8) is 0 Å². The average Bonchev–Trinajstić information content (AvgIpc) is 2.72. The van der Waals surface area contributed by atoms with Gasteiger partial charge in [0.15, 0.2) is 6.61 Å². The van der Waals surface area contributed by atoms with E-state index in [0.717, 1.165) is 32.4 Å². The number of hydrogen-bond acceptors (Lipinski definition) is 3. The van der Waals surface area contributed by atoms with Crippen LogP contribution in [0.5, 0.6) is 5.75 Å². The normalized spacial score (nSPS) is 14.7. The zero-order chi connectivity index (χ0) is 19.1. The first kappa shape index (κ1) is 19.0. The predicted molar refractivity (Wildman–Crippen MR) is 105 cm³/mol. The molecule has 0 unspecified atom stereocenters. The summed E-state index contributed by atoms with van der Waals surface area (Å²) in [6.07, 6.45) is 4.37. The molecule has 5 heteroatoms. The molecule has 2 aromatic rings. The lowest BCUT2D eigenvalue weighted by Gasteiger charge is -2.32. The first-order chi connectivity index (χ1) is 13.1. The number of nitrogens with zero attached hydrogens (tertiary/aromatic N) is 1. The van der Waals surface area contributed by atoms with Gasteiger partial charge in [-0.25, -0.2) is 0 Å². The van der Waals surface area contributed by atoms with Gasteiger partial charge in [-0.15, -0.1) is 0 Å². The Balaban J connectivity index is 1.38. The summed E-state index contributed by atoms with van der Waals surface area (Å²) in [5, 5.41) is 0. The number of ether oxygens (including phenoxy) is 1. The molecular weight excluding hydrogens is 340 g/mol. The summed E-state index contributed by atoms with van der Waals surface area (Å²) in [4.78, 5) is 25.3. The highest BCUT2D eigenvalue weighted by molar-refractivity contribution is 5.92. The minimum atomic E-state index is -0.479. The highest BCUT2D eigenvalue weighted by Crippen LogP contribution is 2.22. The zero-order valence-electron chi connectivity index (χ0n) is 15.5. The van der Waals surface area contributed by atoms with Crippen LogP contribution in [0.15, 0.2) is 54.6 Å². The second-order valence-electron chi connectivity index (χ2n) is 7.03. The van der Waals surface area contributed by atoms with E-state index in [1.807, 2.05) is 11.0 Å². The number of piperidine rings is 1. The molecule has 5 nitrogen and oxygen atoms in total. The predicted octanol–water partition coefficient (Wildman–Crippen LogP) is 3.04. The van der Waals surface area contributed by atoms with Crippen LogP contribution in [0.4, 0.5) is 0 Å². The molecule has 1 aliphatic heterocycles. The Hall–Kier alpha value is -2.82. The van der Waals surface area contributed by atoms with E-state index in [9.17, 15) is 9.59 Å². The summed E-state index contributed by atoms with van der Waals surface area (Å²) >= 11 is 0. The molecule has 27 heavy (non-hydrogen) atoms. The van der Waals surface area contributed by atoms with Crippen molar-refractivity contribution in [2.45, 2.75) is 25.7 Å². The first-order valence-electron chi connectivity index (χ1n) is 9.46. The van der Waals surface area contributed by atoms with Gasteiger partial charge in [0.2, 0.25) is 5.91 Å². The molecule has 0 atom stereocenters. The summed E-state index contributed by atoms with van der Waals surface area (Å²) in [7, 11) is 0. The van der Waals surface area contributed by atoms with Gasteiger partial charge in [-0.1, -0.05) is 30.3 Å². The Morgan fingerprint density at radius 1 is 1.00 bits per heavy atom.